The van der Waals surface area contributed by atoms with E-state index in [9.17, 15) is 25.2 Å². The van der Waals surface area contributed by atoms with E-state index < -0.39 is 45.9 Å². The number of aliphatic hydroxyl groups is 4. The minimum Gasteiger partial charge on any atom is -0.393 e. The van der Waals surface area contributed by atoms with Crippen molar-refractivity contribution in [1.82, 2.24) is 5.32 Å². The van der Waals surface area contributed by atoms with E-state index >= 15 is 0 Å². The lowest BCUT2D eigenvalue weighted by Gasteiger charge is -2.67. The van der Waals surface area contributed by atoms with E-state index in [1.807, 2.05) is 26.0 Å². The smallest absolute Gasteiger partial charge is 0.159 e. The van der Waals surface area contributed by atoms with E-state index in [1.54, 1.807) is 0 Å². The third-order valence-electron chi connectivity index (χ3n) is 17.7. The van der Waals surface area contributed by atoms with Gasteiger partial charge in [-0.25, -0.2) is 0 Å². The van der Waals surface area contributed by atoms with Gasteiger partial charge < -0.3 is 36.2 Å². The highest BCUT2D eigenvalue weighted by atomic mass is 16.6. The third kappa shape index (κ3) is 5.88. The summed E-state index contributed by atoms with van der Waals surface area (Å²) in [4.78, 5) is 14.5. The highest BCUT2D eigenvalue weighted by molar-refractivity contribution is 5.95. The van der Waals surface area contributed by atoms with Crippen molar-refractivity contribution >= 4 is 5.78 Å². The Kier molecular flexibility index (Phi) is 9.49. The molecular formula is C47H68N2O6. The first-order valence-corrected chi connectivity index (χ1v) is 21.5. The van der Waals surface area contributed by atoms with Crippen LogP contribution >= 0.6 is 0 Å². The molecular weight excluding hydrogens is 689 g/mol. The molecule has 8 rings (SSSR count). The molecule has 1 spiro atoms. The number of fused-ring (bicyclic) bond motifs is 6. The molecule has 4 saturated carbocycles. The van der Waals surface area contributed by atoms with Crippen LogP contribution in [-0.4, -0.2) is 67.9 Å². The Morgan fingerprint density at radius 1 is 0.964 bits per heavy atom. The van der Waals surface area contributed by atoms with Gasteiger partial charge in [0.15, 0.2) is 5.78 Å². The molecule has 0 bridgehead atoms. The highest BCUT2D eigenvalue weighted by Gasteiger charge is 2.75. The molecule has 55 heavy (non-hydrogen) atoms. The molecule has 0 amide bonds. The van der Waals surface area contributed by atoms with Gasteiger partial charge in [0.25, 0.3) is 0 Å². The summed E-state index contributed by atoms with van der Waals surface area (Å²) in [7, 11) is 0. The molecule has 2 heterocycles. The number of benzene rings is 1. The van der Waals surface area contributed by atoms with Crippen molar-refractivity contribution in [3.05, 3.63) is 71.1 Å². The minimum absolute atomic E-state index is 0.0120. The fourth-order valence-corrected chi connectivity index (χ4v) is 14.1. The zero-order chi connectivity index (χ0) is 39.4. The first-order valence-electron chi connectivity index (χ1n) is 21.5. The topological polar surface area (TPSA) is 149 Å². The molecule has 8 heteroatoms. The Labute approximate surface area is 329 Å². The van der Waals surface area contributed by atoms with Crippen molar-refractivity contribution in [2.45, 2.75) is 160 Å². The lowest BCUT2D eigenvalue weighted by molar-refractivity contribution is -0.193. The fourth-order valence-electron chi connectivity index (χ4n) is 14.1. The number of aliphatic hydroxyl groups excluding tert-OH is 1. The van der Waals surface area contributed by atoms with E-state index in [4.69, 9.17) is 10.5 Å². The molecule has 12 atom stereocenters. The molecule has 8 nitrogen and oxygen atoms in total. The van der Waals surface area contributed by atoms with Crippen LogP contribution in [0.1, 0.15) is 124 Å². The molecule has 2 aliphatic heterocycles. The molecule has 0 unspecified atom stereocenters. The molecule has 1 aromatic rings. The van der Waals surface area contributed by atoms with Gasteiger partial charge in [0, 0.05) is 17.9 Å². The second kappa shape index (κ2) is 13.3. The Hall–Kier alpha value is -2.49. The molecule has 302 valence electrons. The van der Waals surface area contributed by atoms with Crippen molar-refractivity contribution in [3.8, 4) is 0 Å². The molecule has 7 N–H and O–H groups in total. The van der Waals surface area contributed by atoms with Gasteiger partial charge in [-0.15, -0.1) is 0 Å². The Morgan fingerprint density at radius 2 is 1.67 bits per heavy atom. The maximum absolute atomic E-state index is 14.5. The number of nitrogens with two attached hydrogens (primary N) is 1. The van der Waals surface area contributed by atoms with E-state index in [0.717, 1.165) is 75.4 Å². The predicted molar refractivity (Wildman–Crippen MR) is 214 cm³/mol. The van der Waals surface area contributed by atoms with Crippen LogP contribution in [0.5, 0.6) is 0 Å². The van der Waals surface area contributed by atoms with Crippen molar-refractivity contribution in [3.63, 3.8) is 0 Å². The second-order valence-corrected chi connectivity index (χ2v) is 20.7. The number of carbonyl (C=O) groups excluding carboxylic acids is 1. The van der Waals surface area contributed by atoms with Gasteiger partial charge in [0.05, 0.1) is 28.7 Å². The molecule has 1 aromatic carbocycles. The SMILES string of the molecule is CC(C)(CCC1=CCNC(N)=C1)[C@@](C)(O)[C@H]1O[C@@H]1[C@](C)(O)[C@H]1CC[C@@]2(O)C3=CC(=O)[C@@H]4C[C@@H](O)CC5(CCCC5)[C@]4(C)[C@H]3[C@@H](CCc3ccccc3)C[C@]12C. The van der Waals surface area contributed by atoms with Gasteiger partial charge in [0.2, 0.25) is 0 Å². The van der Waals surface area contributed by atoms with Crippen LogP contribution in [0.2, 0.25) is 0 Å². The van der Waals surface area contributed by atoms with Gasteiger partial charge in [0.1, 0.15) is 12.2 Å². The summed E-state index contributed by atoms with van der Waals surface area (Å²) in [6, 6.07) is 10.6. The summed E-state index contributed by atoms with van der Waals surface area (Å²) >= 11 is 0. The maximum Gasteiger partial charge on any atom is 0.159 e. The first kappa shape index (κ1) is 39.3. The first-order chi connectivity index (χ1) is 25.8. The van der Waals surface area contributed by atoms with E-state index in [2.05, 4.69) is 69.4 Å². The van der Waals surface area contributed by atoms with E-state index in [0.29, 0.717) is 31.6 Å². The number of ketones is 1. The number of rotatable bonds is 10. The fraction of sp³-hybridized carbons (Fsp3) is 0.723. The summed E-state index contributed by atoms with van der Waals surface area (Å²) in [6.07, 6.45) is 14.9. The molecule has 5 aliphatic carbocycles. The Balaban J connectivity index is 1.12. The van der Waals surface area contributed by atoms with Gasteiger partial charge in [-0.2, -0.15) is 0 Å². The van der Waals surface area contributed by atoms with Crippen LogP contribution in [-0.2, 0) is 16.0 Å². The van der Waals surface area contributed by atoms with Crippen molar-refractivity contribution in [1.29, 1.82) is 0 Å². The van der Waals surface area contributed by atoms with Gasteiger partial charge in [-0.3, -0.25) is 4.79 Å². The van der Waals surface area contributed by atoms with Crippen LogP contribution in [0.25, 0.3) is 0 Å². The molecule has 1 saturated heterocycles. The van der Waals surface area contributed by atoms with Crippen LogP contribution in [0.3, 0.4) is 0 Å². The zero-order valence-corrected chi connectivity index (χ0v) is 34.2. The quantitative estimate of drug-likeness (QED) is 0.145. The number of ether oxygens (including phenoxy) is 1. The highest BCUT2D eigenvalue weighted by Crippen LogP contribution is 2.75. The zero-order valence-electron chi connectivity index (χ0n) is 34.2. The molecule has 7 aliphatic rings. The number of carbonyl (C=O) groups is 1. The van der Waals surface area contributed by atoms with E-state index in [1.165, 1.54) is 5.56 Å². The summed E-state index contributed by atoms with van der Waals surface area (Å²) in [6.45, 7) is 13.1. The predicted octanol–water partition coefficient (Wildman–Crippen LogP) is 6.65. The average Bonchev–Trinajstić information content (AvgIpc) is 3.75. The molecule has 5 fully saturated rings. The normalized spacial score (nSPS) is 41.5. The number of allylic oxidation sites excluding steroid dienone is 3. The Morgan fingerprint density at radius 3 is 2.36 bits per heavy atom. The summed E-state index contributed by atoms with van der Waals surface area (Å²) in [5, 5.41) is 52.8. The molecule has 0 radical (unpaired) electrons. The lowest BCUT2D eigenvalue weighted by atomic mass is 9.37. The summed E-state index contributed by atoms with van der Waals surface area (Å²) in [5.74, 6) is 0.326. The van der Waals surface area contributed by atoms with Crippen LogP contribution in [0.15, 0.2) is 65.5 Å². The lowest BCUT2D eigenvalue weighted by Crippen LogP contribution is -2.67. The van der Waals surface area contributed by atoms with Crippen molar-refractivity contribution in [2.24, 2.45) is 51.1 Å². The number of hydrogen-bond donors (Lipinski definition) is 6. The van der Waals surface area contributed by atoms with Gasteiger partial charge in [-0.1, -0.05) is 76.9 Å². The maximum atomic E-state index is 14.5. The largest absolute Gasteiger partial charge is 0.393 e. The van der Waals surface area contributed by atoms with E-state index in [-0.39, 0.29) is 40.3 Å². The van der Waals surface area contributed by atoms with Crippen LogP contribution in [0, 0.1) is 45.3 Å². The second-order valence-electron chi connectivity index (χ2n) is 20.7. The third-order valence-corrected chi connectivity index (χ3v) is 17.7. The van der Waals surface area contributed by atoms with Crippen LogP contribution < -0.4 is 11.1 Å². The number of hydrogen-bond acceptors (Lipinski definition) is 8. The number of epoxide rings is 1. The summed E-state index contributed by atoms with van der Waals surface area (Å²) < 4.78 is 6.40. The van der Waals surface area contributed by atoms with Gasteiger partial charge >= 0.3 is 0 Å². The van der Waals surface area contributed by atoms with Crippen molar-refractivity contribution < 1.29 is 30.0 Å². The Bertz CT molecular complexity index is 1760. The minimum atomic E-state index is -1.33. The van der Waals surface area contributed by atoms with Crippen molar-refractivity contribution in [2.75, 3.05) is 6.54 Å². The molecule has 0 aromatic heterocycles. The average molecular weight is 757 g/mol. The van der Waals surface area contributed by atoms with Crippen LogP contribution in [0.4, 0.5) is 0 Å². The number of dihydropyridines is 1. The number of nitrogens with one attached hydrogen (secondary N) is 1. The monoisotopic (exact) mass is 757 g/mol. The summed E-state index contributed by atoms with van der Waals surface area (Å²) in [5.41, 5.74) is 3.77. The standard InChI is InChI=1S/C47H68N2O6/c1-41(2,21-16-30-18-23-49-37(48)24-30)45(6,53)40-39(55-40)44(5,52)36-17-22-47(54)34-26-35(51)33-25-32(50)28-46(19-10-11-20-46)43(33,4)38(34)31(27-42(36,47)3)15-14-29-12-8-7-9-13-29/h7-9,12-13,18,24,26,31-33,36,38-40,49-50,52-54H,10-11,14-17,19-23,25,27-28,48H2,1-6H3/t31-,32+,33-,36-,38-,39-,40-,42+,43-,44+,45-,47+/m0/s1. The number of aryl methyl sites for hydroxylation is 1. The van der Waals surface area contributed by atoms with Gasteiger partial charge in [-0.05, 0) is 147 Å².